The lowest BCUT2D eigenvalue weighted by molar-refractivity contribution is -0.272. The van der Waals surface area contributed by atoms with Gasteiger partial charge in [-0.25, -0.2) is 0 Å². The molecule has 0 aromatic heterocycles. The Morgan fingerprint density at radius 2 is 0.743 bits per heavy atom. The number of rotatable bonds is 49. The second-order valence-corrected chi connectivity index (χ2v) is 24.7. The first-order valence-corrected chi connectivity index (χ1v) is 34.2. The van der Waals surface area contributed by atoms with Gasteiger partial charge in [0.2, 0.25) is 53.2 Å². The highest BCUT2D eigenvalue weighted by atomic mass is 16.7. The van der Waals surface area contributed by atoms with E-state index in [0.29, 0.717) is 25.8 Å². The van der Waals surface area contributed by atoms with E-state index in [-0.39, 0.29) is 124 Å². The van der Waals surface area contributed by atoms with E-state index in [2.05, 4.69) is 47.9 Å². The molecular formula is C62H109N9O30. The van der Waals surface area contributed by atoms with Crippen molar-refractivity contribution in [1.82, 2.24) is 47.9 Å². The van der Waals surface area contributed by atoms with Crippen molar-refractivity contribution < 1.29 is 147 Å². The zero-order chi connectivity index (χ0) is 74.4. The summed E-state index contributed by atoms with van der Waals surface area (Å²) in [7, 11) is 0. The molecule has 4 fully saturated rings. The molecule has 0 saturated carbocycles. The maximum atomic E-state index is 13.8. The van der Waals surface area contributed by atoms with Crippen molar-refractivity contribution in [3.05, 3.63) is 0 Å². The van der Waals surface area contributed by atoms with Crippen molar-refractivity contribution in [3.8, 4) is 0 Å². The van der Waals surface area contributed by atoms with Gasteiger partial charge >= 0.3 is 0 Å². The van der Waals surface area contributed by atoms with Crippen LogP contribution in [0.3, 0.4) is 0 Å². The zero-order valence-electron chi connectivity index (χ0n) is 57.4. The molecule has 0 radical (unpaired) electrons. The first-order chi connectivity index (χ1) is 48.3. The third-order valence-corrected chi connectivity index (χ3v) is 16.6. The molecule has 17 unspecified atom stereocenters. The summed E-state index contributed by atoms with van der Waals surface area (Å²) in [5.41, 5.74) is 0. The lowest BCUT2D eigenvalue weighted by Gasteiger charge is -2.42. The number of hydrogen-bond acceptors (Lipinski definition) is 30. The minimum Gasteiger partial charge on any atom is -0.394 e. The Hall–Kier alpha value is -5.61. The number of ether oxygens (including phenoxy) is 10. The van der Waals surface area contributed by atoms with Crippen LogP contribution in [0.4, 0.5) is 0 Å². The van der Waals surface area contributed by atoms with Crippen LogP contribution in [-0.2, 0) is 90.5 Å². The molecular weight excluding hydrogens is 1350 g/mol. The SMILES string of the molecule is CC(=O)NC1C(OCCOCCNC(=O)CCC(NC(=O)CCC(NC(=O)CCCCCCCCCNC(=O)C2C[C@@H](O)[C@H](CO)O2)C(=O)NCCOCCOC2O[C@H](CO)C(O)C(O)C2NC(C)=O)C(=O)NCCOCCOC2OC(CO)C(O)C(O)C2NC(C)=O)OC(CO)C(O)C1O. The largest absolute Gasteiger partial charge is 0.394 e. The number of carbonyl (C=O) groups is 9. The average Bonchev–Trinajstić information content (AvgIpc) is 1.61. The van der Waals surface area contributed by atoms with Crippen LogP contribution in [0.25, 0.3) is 0 Å². The normalized spacial score (nSPS) is 28.6. The Morgan fingerprint density at radius 1 is 0.386 bits per heavy atom. The molecule has 4 aliphatic heterocycles. The van der Waals surface area contributed by atoms with E-state index in [0.717, 1.165) is 25.7 Å². The Morgan fingerprint density at radius 3 is 1.12 bits per heavy atom. The van der Waals surface area contributed by atoms with Crippen LogP contribution >= 0.6 is 0 Å². The minimum atomic E-state index is -1.55. The minimum absolute atomic E-state index is 0.0262. The lowest BCUT2D eigenvalue weighted by Crippen LogP contribution is -2.64. The Bertz CT molecular complexity index is 2490. The quantitative estimate of drug-likeness (QED) is 0.0252. The number of amides is 9. The molecule has 0 bridgehead atoms. The van der Waals surface area contributed by atoms with Gasteiger partial charge in [-0.1, -0.05) is 32.1 Å². The fourth-order valence-corrected chi connectivity index (χ4v) is 11.2. The molecule has 582 valence electrons. The third-order valence-electron chi connectivity index (χ3n) is 16.6. The highest BCUT2D eigenvalue weighted by Gasteiger charge is 2.48. The van der Waals surface area contributed by atoms with E-state index in [4.69, 9.17) is 47.4 Å². The van der Waals surface area contributed by atoms with Gasteiger partial charge in [-0.2, -0.15) is 0 Å². The van der Waals surface area contributed by atoms with Crippen molar-refractivity contribution >= 4 is 53.2 Å². The Labute approximate surface area is 584 Å². The predicted molar refractivity (Wildman–Crippen MR) is 344 cm³/mol. The molecule has 0 aromatic rings. The van der Waals surface area contributed by atoms with Crippen molar-refractivity contribution in [3.63, 3.8) is 0 Å². The maximum Gasteiger partial charge on any atom is 0.249 e. The highest BCUT2D eigenvalue weighted by molar-refractivity contribution is 5.90. The molecule has 4 aliphatic rings. The molecule has 4 heterocycles. The van der Waals surface area contributed by atoms with Gasteiger partial charge in [0.1, 0.15) is 97.4 Å². The first kappa shape index (κ1) is 87.8. The monoisotopic (exact) mass is 1460 g/mol. The molecule has 9 amide bonds. The van der Waals surface area contributed by atoms with Gasteiger partial charge in [-0.05, 0) is 25.7 Å². The van der Waals surface area contributed by atoms with Gasteiger partial charge in [0, 0.05) is 72.6 Å². The summed E-state index contributed by atoms with van der Waals surface area (Å²) < 4.78 is 55.7. The first-order valence-electron chi connectivity index (χ1n) is 34.2. The summed E-state index contributed by atoms with van der Waals surface area (Å²) in [6.07, 6.45) is -15.2. The van der Waals surface area contributed by atoms with Gasteiger partial charge in [0.15, 0.2) is 18.9 Å². The molecule has 20 N–H and O–H groups in total. The van der Waals surface area contributed by atoms with Gasteiger partial charge in [-0.3, -0.25) is 43.2 Å². The van der Waals surface area contributed by atoms with Crippen LogP contribution in [0.1, 0.15) is 104 Å². The lowest BCUT2D eigenvalue weighted by atomic mass is 9.97. The van der Waals surface area contributed by atoms with Crippen molar-refractivity contribution in [2.45, 2.75) is 227 Å². The summed E-state index contributed by atoms with van der Waals surface area (Å²) in [5.74, 6) is -5.22. The molecule has 0 aromatic carbocycles. The molecule has 39 nitrogen and oxygen atoms in total. The van der Waals surface area contributed by atoms with E-state index in [1.807, 2.05) is 0 Å². The third kappa shape index (κ3) is 31.7. The van der Waals surface area contributed by atoms with Crippen LogP contribution in [0.5, 0.6) is 0 Å². The standard InChI is InChI=1S/C62H109N9O30/c1-34(76)67-48-54(86)51(83)42(31-73)99-60(48)95-26-23-92-20-17-63-45(80)14-12-37(57(89)65-18-21-93-24-27-96-61-49(68-35(2)77)55(87)52(84)43(32-74)100-61)71-47(82)15-13-38(58(90)66-19-22-94-25-28-97-62-50(69-36(3)78)56(88)53(85)44(33-75)101-62)70-46(81)11-9-7-5-4-6-8-10-16-64-59(91)40-29-39(79)41(30-72)98-40/h37-44,48-56,60-62,72-75,79,83-88H,4-33H2,1-3H3,(H,63,80)(H,64,91)(H,65,89)(H,66,90)(H,67,76)(H,68,77)(H,69,78)(H,70,81)(H,71,82)/t37?,38?,39-,40?,41+,42?,43?,44-,48?,49?,50?,51?,52?,53?,54?,55?,56?,60?,61?,62?/m1/s1. The molecule has 39 heteroatoms. The number of aliphatic hydroxyl groups excluding tert-OH is 11. The Balaban J connectivity index is 1.33. The second-order valence-electron chi connectivity index (χ2n) is 24.7. The summed E-state index contributed by atoms with van der Waals surface area (Å²) in [4.78, 5) is 116. The molecule has 4 rings (SSSR count). The van der Waals surface area contributed by atoms with Crippen LogP contribution < -0.4 is 47.9 Å². The smallest absolute Gasteiger partial charge is 0.249 e. The van der Waals surface area contributed by atoms with Crippen molar-refractivity contribution in [1.29, 1.82) is 0 Å². The van der Waals surface area contributed by atoms with Crippen molar-refractivity contribution in [2.75, 3.05) is 112 Å². The predicted octanol–water partition coefficient (Wildman–Crippen LogP) is -9.46. The van der Waals surface area contributed by atoms with Gasteiger partial charge in [0.25, 0.3) is 0 Å². The Kier molecular flexibility index (Phi) is 42.1. The number of unbranched alkanes of at least 4 members (excludes halogenated alkanes) is 6. The fourth-order valence-electron chi connectivity index (χ4n) is 11.2. The number of carbonyl (C=O) groups excluding carboxylic acids is 9. The van der Waals surface area contributed by atoms with Crippen LogP contribution in [-0.4, -0.2) is 344 Å². The van der Waals surface area contributed by atoms with Gasteiger partial charge < -0.3 is 151 Å². The van der Waals surface area contributed by atoms with E-state index in [1.165, 1.54) is 20.8 Å². The molecule has 0 spiro atoms. The number of aliphatic hydroxyl groups is 11. The average molecular weight is 1460 g/mol. The summed E-state index contributed by atoms with van der Waals surface area (Å²) in [5, 5.41) is 134. The second kappa shape index (κ2) is 48.4. The molecule has 0 aliphatic carbocycles. The van der Waals surface area contributed by atoms with Crippen LogP contribution in [0.2, 0.25) is 0 Å². The molecule has 101 heavy (non-hydrogen) atoms. The topological polar surface area (TPSA) is 577 Å². The van der Waals surface area contributed by atoms with Crippen LogP contribution in [0.15, 0.2) is 0 Å². The molecule has 4 saturated heterocycles. The van der Waals surface area contributed by atoms with Gasteiger partial charge in [-0.15, -0.1) is 0 Å². The van der Waals surface area contributed by atoms with E-state index in [1.54, 1.807) is 0 Å². The molecule has 20 atom stereocenters. The number of nitrogens with one attached hydrogen (secondary N) is 9. The van der Waals surface area contributed by atoms with Crippen molar-refractivity contribution in [2.24, 2.45) is 0 Å². The van der Waals surface area contributed by atoms with Crippen LogP contribution in [0, 0.1) is 0 Å². The number of hydrogen-bond donors (Lipinski definition) is 20. The summed E-state index contributed by atoms with van der Waals surface area (Å²) in [6, 6.07) is -6.19. The summed E-state index contributed by atoms with van der Waals surface area (Å²) in [6.45, 7) is 0.367. The van der Waals surface area contributed by atoms with E-state index in [9.17, 15) is 99.3 Å². The highest BCUT2D eigenvalue weighted by Crippen LogP contribution is 2.26. The summed E-state index contributed by atoms with van der Waals surface area (Å²) >= 11 is 0. The van der Waals surface area contributed by atoms with E-state index >= 15 is 0 Å². The van der Waals surface area contributed by atoms with E-state index < -0.39 is 196 Å². The maximum absolute atomic E-state index is 13.8. The van der Waals surface area contributed by atoms with Gasteiger partial charge in [0.05, 0.1) is 92.0 Å². The zero-order valence-corrected chi connectivity index (χ0v) is 57.4. The fraction of sp³-hybridized carbons (Fsp3) is 0.855.